The fraction of sp³-hybridized carbons (Fsp3) is 0.333. The van der Waals surface area contributed by atoms with Gasteiger partial charge in [-0.1, -0.05) is 30.3 Å². The summed E-state index contributed by atoms with van der Waals surface area (Å²) >= 11 is 0. The van der Waals surface area contributed by atoms with Crippen LogP contribution >= 0.6 is 0 Å². The second-order valence-corrected chi connectivity index (χ2v) is 10.3. The van der Waals surface area contributed by atoms with Crippen molar-refractivity contribution in [3.63, 3.8) is 0 Å². The topological polar surface area (TPSA) is 75.5 Å². The lowest BCUT2D eigenvalue weighted by molar-refractivity contribution is -0.132. The van der Waals surface area contributed by atoms with Crippen molar-refractivity contribution in [2.24, 2.45) is 0 Å². The van der Waals surface area contributed by atoms with Crippen LogP contribution in [-0.2, 0) is 21.2 Å². The van der Waals surface area contributed by atoms with E-state index in [0.29, 0.717) is 31.1 Å². The molecule has 8 heteroatoms. The first-order valence-corrected chi connectivity index (χ1v) is 12.5. The van der Waals surface area contributed by atoms with E-state index in [0.717, 1.165) is 28.2 Å². The van der Waals surface area contributed by atoms with E-state index >= 15 is 0 Å². The van der Waals surface area contributed by atoms with E-state index in [1.54, 1.807) is 16.8 Å². The molecule has 4 rings (SSSR count). The molecule has 0 N–H and O–H groups in total. The Kier molecular flexibility index (Phi) is 6.06. The number of carbonyl (C=O) groups is 1. The summed E-state index contributed by atoms with van der Waals surface area (Å²) in [7, 11) is -3.31. The number of rotatable bonds is 5. The van der Waals surface area contributed by atoms with Gasteiger partial charge < -0.3 is 9.80 Å². The second kappa shape index (κ2) is 8.78. The van der Waals surface area contributed by atoms with Gasteiger partial charge in [0, 0.05) is 49.4 Å². The molecule has 2 aromatic carbocycles. The zero-order valence-electron chi connectivity index (χ0n) is 18.7. The Morgan fingerprint density at radius 1 is 0.969 bits per heavy atom. The third-order valence-electron chi connectivity index (χ3n) is 5.84. The molecule has 2 heterocycles. The molecular weight excluding hydrogens is 424 g/mol. The predicted molar refractivity (Wildman–Crippen MR) is 125 cm³/mol. The summed E-state index contributed by atoms with van der Waals surface area (Å²) in [6.07, 6.45) is 1.23. The summed E-state index contributed by atoms with van der Waals surface area (Å²) in [5, 5.41) is 4.39. The number of sulfone groups is 1. The Bertz CT molecular complexity index is 1230. The summed E-state index contributed by atoms with van der Waals surface area (Å²) in [5.41, 5.74) is 4.72. The maximum absolute atomic E-state index is 12.8. The number of aromatic nitrogens is 2. The van der Waals surface area contributed by atoms with Crippen LogP contribution < -0.4 is 4.90 Å². The lowest BCUT2D eigenvalue weighted by atomic mass is 10.0. The number of hydrogen-bond acceptors (Lipinski definition) is 5. The van der Waals surface area contributed by atoms with E-state index in [4.69, 9.17) is 0 Å². The van der Waals surface area contributed by atoms with E-state index in [9.17, 15) is 13.2 Å². The Morgan fingerprint density at radius 2 is 1.66 bits per heavy atom. The molecule has 1 aliphatic rings. The third kappa shape index (κ3) is 4.70. The molecular formula is C24H28N4O3S. The van der Waals surface area contributed by atoms with Crippen molar-refractivity contribution < 1.29 is 13.2 Å². The van der Waals surface area contributed by atoms with E-state index in [2.05, 4.69) is 10.00 Å². The lowest BCUT2D eigenvalue weighted by Gasteiger charge is -2.37. The Labute approximate surface area is 189 Å². The molecule has 3 aromatic rings. The average molecular weight is 453 g/mol. The maximum atomic E-state index is 12.8. The van der Waals surface area contributed by atoms with Crippen molar-refractivity contribution in [3.8, 4) is 11.1 Å². The molecule has 7 nitrogen and oxygen atoms in total. The molecule has 168 valence electrons. The van der Waals surface area contributed by atoms with Crippen molar-refractivity contribution in [3.05, 3.63) is 66.0 Å². The average Bonchev–Trinajstić information content (AvgIpc) is 3.10. The van der Waals surface area contributed by atoms with Crippen LogP contribution in [0.15, 0.2) is 59.5 Å². The zero-order valence-corrected chi connectivity index (χ0v) is 19.5. The Hall–Kier alpha value is -3.13. The van der Waals surface area contributed by atoms with Crippen molar-refractivity contribution in [1.29, 1.82) is 0 Å². The van der Waals surface area contributed by atoms with E-state index in [1.165, 1.54) is 6.26 Å². The zero-order chi connectivity index (χ0) is 22.9. The minimum atomic E-state index is -3.31. The molecule has 32 heavy (non-hydrogen) atoms. The highest BCUT2D eigenvalue weighted by Crippen LogP contribution is 2.33. The number of amides is 1. The minimum absolute atomic E-state index is 0.0616. The monoisotopic (exact) mass is 452 g/mol. The van der Waals surface area contributed by atoms with Gasteiger partial charge >= 0.3 is 0 Å². The van der Waals surface area contributed by atoms with Gasteiger partial charge in [-0.3, -0.25) is 9.48 Å². The molecule has 1 amide bonds. The fourth-order valence-corrected chi connectivity index (χ4v) is 4.78. The van der Waals surface area contributed by atoms with Crippen LogP contribution in [0.1, 0.15) is 11.4 Å². The largest absolute Gasteiger partial charge is 0.367 e. The Balaban J connectivity index is 1.53. The highest BCUT2D eigenvalue weighted by Gasteiger charge is 2.24. The first-order chi connectivity index (χ1) is 15.2. The molecule has 1 saturated heterocycles. The number of piperazine rings is 1. The van der Waals surface area contributed by atoms with Crippen molar-refractivity contribution in [1.82, 2.24) is 14.7 Å². The number of nitrogens with zero attached hydrogens (tertiary/aromatic N) is 4. The van der Waals surface area contributed by atoms with Gasteiger partial charge in [-0.15, -0.1) is 0 Å². The second-order valence-electron chi connectivity index (χ2n) is 8.27. The van der Waals surface area contributed by atoms with Crippen LogP contribution in [0.5, 0.6) is 0 Å². The van der Waals surface area contributed by atoms with Gasteiger partial charge in [0.25, 0.3) is 0 Å². The van der Waals surface area contributed by atoms with E-state index in [-0.39, 0.29) is 12.5 Å². The molecule has 1 aliphatic heterocycles. The van der Waals surface area contributed by atoms with E-state index in [1.807, 2.05) is 61.2 Å². The molecule has 0 radical (unpaired) electrons. The smallest absolute Gasteiger partial charge is 0.244 e. The van der Waals surface area contributed by atoms with Gasteiger partial charge in [0.05, 0.1) is 10.6 Å². The number of aryl methyl sites for hydroxylation is 2. The van der Waals surface area contributed by atoms with Crippen LogP contribution in [0.4, 0.5) is 5.69 Å². The first kappa shape index (κ1) is 22.1. The molecule has 1 aromatic heterocycles. The van der Waals surface area contributed by atoms with Crippen LogP contribution in [0.2, 0.25) is 0 Å². The number of carbonyl (C=O) groups excluding carboxylic acids is 1. The van der Waals surface area contributed by atoms with Gasteiger partial charge in [0.15, 0.2) is 9.84 Å². The highest BCUT2D eigenvalue weighted by atomic mass is 32.2. The van der Waals surface area contributed by atoms with Crippen molar-refractivity contribution >= 4 is 21.4 Å². The standard InChI is InChI=1S/C24H28N4O3S/c1-18-15-19(2)28(25-18)17-24(29)27-13-11-26(12-14-27)23-10-9-21(32(3,30)31)16-22(23)20-7-5-4-6-8-20/h4-10,15-16H,11-14,17H2,1-3H3. The van der Waals surface area contributed by atoms with Crippen LogP contribution in [0.3, 0.4) is 0 Å². The molecule has 0 aliphatic carbocycles. The van der Waals surface area contributed by atoms with E-state index < -0.39 is 9.84 Å². The fourth-order valence-electron chi connectivity index (χ4n) is 4.13. The summed E-state index contributed by atoms with van der Waals surface area (Å²) in [6.45, 7) is 6.71. The first-order valence-electron chi connectivity index (χ1n) is 10.7. The molecule has 0 unspecified atom stereocenters. The van der Waals surface area contributed by atoms with Crippen LogP contribution in [0, 0.1) is 13.8 Å². The minimum Gasteiger partial charge on any atom is -0.367 e. The molecule has 1 fully saturated rings. The quantitative estimate of drug-likeness (QED) is 0.595. The molecule has 0 saturated carbocycles. The van der Waals surface area contributed by atoms with Gasteiger partial charge in [0.2, 0.25) is 5.91 Å². The number of hydrogen-bond donors (Lipinski definition) is 0. The van der Waals surface area contributed by atoms with Gasteiger partial charge in [-0.2, -0.15) is 5.10 Å². The highest BCUT2D eigenvalue weighted by molar-refractivity contribution is 7.90. The lowest BCUT2D eigenvalue weighted by Crippen LogP contribution is -2.49. The Morgan fingerprint density at radius 3 is 2.25 bits per heavy atom. The van der Waals surface area contributed by atoms with Crippen LogP contribution in [0.25, 0.3) is 11.1 Å². The molecule has 0 atom stereocenters. The van der Waals surface area contributed by atoms with Gasteiger partial charge in [-0.05, 0) is 43.7 Å². The summed E-state index contributed by atoms with van der Waals surface area (Å²) in [6, 6.07) is 17.1. The van der Waals surface area contributed by atoms with Gasteiger partial charge in [0.1, 0.15) is 6.54 Å². The van der Waals surface area contributed by atoms with Crippen LogP contribution in [-0.4, -0.2) is 61.4 Å². The molecule has 0 bridgehead atoms. The van der Waals surface area contributed by atoms with Crippen molar-refractivity contribution in [2.75, 3.05) is 37.3 Å². The summed E-state index contributed by atoms with van der Waals surface area (Å²) in [5.74, 6) is 0.0616. The van der Waals surface area contributed by atoms with Crippen molar-refractivity contribution in [2.45, 2.75) is 25.3 Å². The summed E-state index contributed by atoms with van der Waals surface area (Å²) in [4.78, 5) is 17.2. The molecule has 0 spiro atoms. The third-order valence-corrected chi connectivity index (χ3v) is 6.95. The van der Waals surface area contributed by atoms with Gasteiger partial charge in [-0.25, -0.2) is 8.42 Å². The predicted octanol–water partition coefficient (Wildman–Crippen LogP) is 2.92. The SMILES string of the molecule is Cc1cc(C)n(CC(=O)N2CCN(c3ccc(S(C)(=O)=O)cc3-c3ccccc3)CC2)n1. The maximum Gasteiger partial charge on any atom is 0.244 e. The normalized spacial score (nSPS) is 14.6. The number of benzene rings is 2. The number of anilines is 1. The summed E-state index contributed by atoms with van der Waals surface area (Å²) < 4.78 is 26.0.